The number of sulfonamides is 1. The van der Waals surface area contributed by atoms with Gasteiger partial charge in [-0.2, -0.15) is 17.5 Å². The number of nitrogens with zero attached hydrogens (tertiary/aromatic N) is 2. The number of benzene rings is 1. The van der Waals surface area contributed by atoms with Crippen molar-refractivity contribution >= 4 is 15.9 Å². The first kappa shape index (κ1) is 24.7. The van der Waals surface area contributed by atoms with Gasteiger partial charge in [0.2, 0.25) is 11.0 Å². The largest absolute Gasteiger partial charge is 0.489 e. The van der Waals surface area contributed by atoms with Crippen molar-refractivity contribution in [3.63, 3.8) is 0 Å². The number of hydrogen-bond acceptors (Lipinski definition) is 6. The summed E-state index contributed by atoms with van der Waals surface area (Å²) in [6, 6.07) is 11.0. The van der Waals surface area contributed by atoms with E-state index in [1.165, 1.54) is 24.5 Å². The van der Waals surface area contributed by atoms with Crippen molar-refractivity contribution < 1.29 is 35.5 Å². The summed E-state index contributed by atoms with van der Waals surface area (Å²) >= 11 is 0. The Bertz CT molecular complexity index is 1280. The fraction of sp³-hybridized carbons (Fsp3) is 0.304. The lowest BCUT2D eigenvalue weighted by Gasteiger charge is -2.22. The highest BCUT2D eigenvalue weighted by Crippen LogP contribution is 2.28. The van der Waals surface area contributed by atoms with Crippen molar-refractivity contribution in [2.45, 2.75) is 43.3 Å². The monoisotopic (exact) mass is 509 g/mol. The van der Waals surface area contributed by atoms with Crippen LogP contribution in [0.3, 0.4) is 0 Å². The molecule has 1 amide bonds. The maximum atomic E-state index is 12.8. The summed E-state index contributed by atoms with van der Waals surface area (Å²) < 4.78 is 75.8. The van der Waals surface area contributed by atoms with E-state index in [9.17, 15) is 26.4 Å². The number of aromatic nitrogens is 1. The number of alkyl halides is 3. The highest BCUT2D eigenvalue weighted by Gasteiger charge is 2.40. The Morgan fingerprint density at radius 1 is 1.17 bits per heavy atom. The lowest BCUT2D eigenvalue weighted by molar-refractivity contribution is -0.141. The first-order valence-electron chi connectivity index (χ1n) is 10.7. The average Bonchev–Trinajstić information content (AvgIpc) is 3.54. The number of pyridine rings is 1. The Hall–Kier alpha value is -3.38. The van der Waals surface area contributed by atoms with Crippen molar-refractivity contribution in [1.82, 2.24) is 14.6 Å². The van der Waals surface area contributed by atoms with Crippen molar-refractivity contribution in [2.24, 2.45) is 0 Å². The molecule has 1 aliphatic rings. The number of amides is 1. The summed E-state index contributed by atoms with van der Waals surface area (Å²) in [6.07, 6.45) is -1.27. The number of halogens is 3. The van der Waals surface area contributed by atoms with Crippen molar-refractivity contribution in [3.8, 4) is 5.75 Å². The van der Waals surface area contributed by atoms with E-state index in [0.717, 1.165) is 16.6 Å². The number of hydrogen-bond donors (Lipinski definition) is 1. The van der Waals surface area contributed by atoms with Gasteiger partial charge in [-0.3, -0.25) is 9.78 Å². The predicted molar refractivity (Wildman–Crippen MR) is 117 cm³/mol. The van der Waals surface area contributed by atoms with Crippen molar-refractivity contribution in [1.29, 1.82) is 0 Å². The van der Waals surface area contributed by atoms with E-state index in [2.05, 4.69) is 10.3 Å². The summed E-state index contributed by atoms with van der Waals surface area (Å²) in [4.78, 5) is 16.1. The topological polar surface area (TPSA) is 102 Å². The molecule has 0 radical (unpaired) electrons. The van der Waals surface area contributed by atoms with Crippen LogP contribution in [0.1, 0.15) is 29.7 Å². The third kappa shape index (κ3) is 5.82. The van der Waals surface area contributed by atoms with Gasteiger partial charge in [0.05, 0.1) is 6.26 Å². The maximum absolute atomic E-state index is 12.8. The highest BCUT2D eigenvalue weighted by atomic mass is 32.2. The van der Waals surface area contributed by atoms with Gasteiger partial charge in [-0.15, -0.1) is 0 Å². The van der Waals surface area contributed by atoms with E-state index in [0.29, 0.717) is 29.7 Å². The van der Waals surface area contributed by atoms with Crippen LogP contribution in [-0.2, 0) is 34.1 Å². The lowest BCUT2D eigenvalue weighted by atomic mass is 10.2. The summed E-state index contributed by atoms with van der Waals surface area (Å²) in [5.41, 5.74) is -0.00444. The van der Waals surface area contributed by atoms with E-state index in [-0.39, 0.29) is 24.8 Å². The third-order valence-corrected chi connectivity index (χ3v) is 7.25. The molecule has 1 atom stereocenters. The van der Waals surface area contributed by atoms with Crippen LogP contribution in [0.25, 0.3) is 0 Å². The average molecular weight is 510 g/mol. The van der Waals surface area contributed by atoms with Gasteiger partial charge >= 0.3 is 6.18 Å². The van der Waals surface area contributed by atoms with Crippen molar-refractivity contribution in [3.05, 3.63) is 77.8 Å². The third-order valence-electron chi connectivity index (χ3n) is 5.45. The van der Waals surface area contributed by atoms with Gasteiger partial charge in [-0.05, 0) is 60.4 Å². The molecular formula is C23H22F3N3O5S. The molecule has 186 valence electrons. The van der Waals surface area contributed by atoms with Gasteiger partial charge in [0, 0.05) is 19.3 Å². The number of furan rings is 1. The Balaban J connectivity index is 1.35. The fourth-order valence-electron chi connectivity index (χ4n) is 3.75. The minimum atomic E-state index is -4.54. The SMILES string of the molecule is O=C(NCc1cccc(OCc2ccnc(C(F)(F)F)c2)c1)[C@@H]1CCCN1S(=O)(=O)c1ccco1. The molecule has 8 nitrogen and oxygen atoms in total. The van der Waals surface area contributed by atoms with Crippen LogP contribution in [0.15, 0.2) is 70.5 Å². The smallest absolute Gasteiger partial charge is 0.433 e. The molecule has 3 aromatic rings. The van der Waals surface area contributed by atoms with Crippen LogP contribution in [0, 0.1) is 0 Å². The Morgan fingerprint density at radius 2 is 2.00 bits per heavy atom. The standard InChI is InChI=1S/C23H22F3N3O5S/c24-23(25,26)20-13-17(8-9-27-20)15-34-18-5-1-4-16(12-18)14-28-22(30)19-6-2-10-29(19)35(31,32)21-7-3-11-33-21/h1,3-5,7-9,11-13,19H,2,6,10,14-15H2,(H,28,30)/t19-/m0/s1. The zero-order valence-electron chi connectivity index (χ0n) is 18.4. The Labute approximate surface area is 199 Å². The molecule has 1 fully saturated rings. The number of carbonyl (C=O) groups excluding carboxylic acids is 1. The van der Waals surface area contributed by atoms with Crippen LogP contribution in [0.2, 0.25) is 0 Å². The second-order valence-corrected chi connectivity index (χ2v) is 9.73. The van der Waals surface area contributed by atoms with Crippen LogP contribution >= 0.6 is 0 Å². The second kappa shape index (κ2) is 10.1. The van der Waals surface area contributed by atoms with Crippen LogP contribution in [0.4, 0.5) is 13.2 Å². The van der Waals surface area contributed by atoms with Crippen LogP contribution < -0.4 is 10.1 Å². The van der Waals surface area contributed by atoms with E-state index < -0.39 is 33.8 Å². The molecule has 1 N–H and O–H groups in total. The molecule has 12 heteroatoms. The van der Waals surface area contributed by atoms with Gasteiger partial charge in [0.15, 0.2) is 0 Å². The van der Waals surface area contributed by atoms with Crippen LogP contribution in [-0.4, -0.2) is 36.2 Å². The molecule has 35 heavy (non-hydrogen) atoms. The van der Waals surface area contributed by atoms with Gasteiger partial charge < -0.3 is 14.5 Å². The van der Waals surface area contributed by atoms with Gasteiger partial charge in [-0.25, -0.2) is 8.42 Å². The van der Waals surface area contributed by atoms with Gasteiger partial charge in [-0.1, -0.05) is 12.1 Å². The highest BCUT2D eigenvalue weighted by molar-refractivity contribution is 7.89. The first-order chi connectivity index (χ1) is 16.6. The summed E-state index contributed by atoms with van der Waals surface area (Å²) in [7, 11) is -3.91. The summed E-state index contributed by atoms with van der Waals surface area (Å²) in [5.74, 6) is -0.0228. The van der Waals surface area contributed by atoms with E-state index >= 15 is 0 Å². The second-order valence-electron chi connectivity index (χ2n) is 7.91. The zero-order chi connectivity index (χ0) is 25.1. The molecule has 1 aliphatic heterocycles. The Kier molecular flexibility index (Phi) is 7.13. The molecule has 0 bridgehead atoms. The maximum Gasteiger partial charge on any atom is 0.433 e. The minimum Gasteiger partial charge on any atom is -0.489 e. The molecule has 4 rings (SSSR count). The van der Waals surface area contributed by atoms with Gasteiger partial charge in [0.1, 0.15) is 24.1 Å². The molecule has 1 aromatic carbocycles. The van der Waals surface area contributed by atoms with E-state index in [4.69, 9.17) is 9.15 Å². The number of rotatable bonds is 8. The number of carbonyl (C=O) groups is 1. The zero-order valence-corrected chi connectivity index (χ0v) is 19.2. The molecule has 0 saturated carbocycles. The molecule has 0 unspecified atom stereocenters. The quantitative estimate of drug-likeness (QED) is 0.497. The fourth-order valence-corrected chi connectivity index (χ4v) is 5.32. The van der Waals surface area contributed by atoms with Crippen LogP contribution in [0.5, 0.6) is 5.75 Å². The molecule has 0 aliphatic carbocycles. The molecular weight excluding hydrogens is 487 g/mol. The van der Waals surface area contributed by atoms with Crippen molar-refractivity contribution in [2.75, 3.05) is 6.54 Å². The van der Waals surface area contributed by atoms with Gasteiger partial charge in [0.25, 0.3) is 10.0 Å². The van der Waals surface area contributed by atoms with E-state index in [1.807, 2.05) is 0 Å². The lowest BCUT2D eigenvalue weighted by Crippen LogP contribution is -2.45. The Morgan fingerprint density at radius 3 is 2.74 bits per heavy atom. The minimum absolute atomic E-state index is 0.0942. The molecule has 3 heterocycles. The molecule has 1 saturated heterocycles. The summed E-state index contributed by atoms with van der Waals surface area (Å²) in [5, 5.41) is 2.54. The molecule has 2 aromatic heterocycles. The summed E-state index contributed by atoms with van der Waals surface area (Å²) in [6.45, 7) is 0.243. The normalized spacial score (nSPS) is 16.8. The predicted octanol–water partition coefficient (Wildman–Crippen LogP) is 3.74. The molecule has 0 spiro atoms. The number of ether oxygens (including phenoxy) is 1. The first-order valence-corrected chi connectivity index (χ1v) is 12.2. The van der Waals surface area contributed by atoms with E-state index in [1.54, 1.807) is 24.3 Å². The number of nitrogens with one attached hydrogen (secondary N) is 1.